The van der Waals surface area contributed by atoms with Crippen LogP contribution in [0.4, 0.5) is 0 Å². The Balaban J connectivity index is 2.16. The molecule has 7 nitrogen and oxygen atoms in total. The molecule has 1 heterocycles. The molecule has 2 rings (SSSR count). The van der Waals surface area contributed by atoms with Gasteiger partial charge >= 0.3 is 11.9 Å². The summed E-state index contributed by atoms with van der Waals surface area (Å²) in [6, 6.07) is 9.45. The van der Waals surface area contributed by atoms with Gasteiger partial charge in [-0.25, -0.2) is 0 Å². The molecule has 24 heavy (non-hydrogen) atoms. The van der Waals surface area contributed by atoms with E-state index in [1.807, 2.05) is 30.3 Å². The summed E-state index contributed by atoms with van der Waals surface area (Å²) in [6.07, 6.45) is -4.76. The summed E-state index contributed by atoms with van der Waals surface area (Å²) in [4.78, 5) is 22.7. The lowest BCUT2D eigenvalue weighted by Crippen LogP contribution is -2.60. The monoisotopic (exact) mass is 338 g/mol. The van der Waals surface area contributed by atoms with Crippen molar-refractivity contribution in [3.63, 3.8) is 0 Å². The summed E-state index contributed by atoms with van der Waals surface area (Å²) in [5, 5.41) is 10.0. The fourth-order valence-corrected chi connectivity index (χ4v) is 2.63. The maximum atomic E-state index is 11.4. The number of rotatable bonds is 5. The lowest BCUT2D eigenvalue weighted by Gasteiger charge is -2.42. The molecule has 1 N–H and O–H groups in total. The Hall–Kier alpha value is -1.96. The largest absolute Gasteiger partial charge is 0.455 e. The molecule has 0 bridgehead atoms. The van der Waals surface area contributed by atoms with Gasteiger partial charge in [0.15, 0.2) is 18.5 Å². The molecule has 1 saturated heterocycles. The maximum absolute atomic E-state index is 11.4. The van der Waals surface area contributed by atoms with Gasteiger partial charge in [0.1, 0.15) is 6.10 Å². The molecule has 0 aliphatic carbocycles. The van der Waals surface area contributed by atoms with Gasteiger partial charge in [0, 0.05) is 13.8 Å². The van der Waals surface area contributed by atoms with Crippen molar-refractivity contribution in [2.75, 3.05) is 0 Å². The Bertz CT molecular complexity index is 559. The minimum absolute atomic E-state index is 0.264. The van der Waals surface area contributed by atoms with Crippen LogP contribution in [0.1, 0.15) is 26.3 Å². The normalized spacial score (nSPS) is 29.8. The van der Waals surface area contributed by atoms with E-state index in [1.165, 1.54) is 13.8 Å². The SMILES string of the molecule is CC(=O)O[C@@H]1[C@@H](OCc2ccccc2)[C@H](C)O[C@@H](O)[C@@H]1OC(C)=O. The second-order valence-corrected chi connectivity index (χ2v) is 5.64. The minimum atomic E-state index is -1.40. The molecule has 1 aromatic carbocycles. The van der Waals surface area contributed by atoms with Crippen molar-refractivity contribution in [3.05, 3.63) is 35.9 Å². The number of hydrogen-bond donors (Lipinski definition) is 1. The molecule has 1 aliphatic rings. The number of carbonyl (C=O) groups is 2. The number of ether oxygens (including phenoxy) is 4. The van der Waals surface area contributed by atoms with Gasteiger partial charge in [-0.05, 0) is 12.5 Å². The van der Waals surface area contributed by atoms with Crippen LogP contribution >= 0.6 is 0 Å². The van der Waals surface area contributed by atoms with Crippen LogP contribution in [0, 0.1) is 0 Å². The highest BCUT2D eigenvalue weighted by atomic mass is 16.7. The number of esters is 2. The van der Waals surface area contributed by atoms with Crippen LogP contribution in [-0.2, 0) is 35.1 Å². The molecule has 0 amide bonds. The van der Waals surface area contributed by atoms with Crippen molar-refractivity contribution >= 4 is 11.9 Å². The lowest BCUT2D eigenvalue weighted by molar-refractivity contribution is -0.293. The zero-order valence-electron chi connectivity index (χ0n) is 13.9. The third-order valence-electron chi connectivity index (χ3n) is 3.63. The van der Waals surface area contributed by atoms with Crippen LogP contribution < -0.4 is 0 Å². The van der Waals surface area contributed by atoms with E-state index < -0.39 is 42.6 Å². The van der Waals surface area contributed by atoms with Gasteiger partial charge in [-0.15, -0.1) is 0 Å². The molecule has 1 fully saturated rings. The van der Waals surface area contributed by atoms with Gasteiger partial charge in [-0.3, -0.25) is 9.59 Å². The third-order valence-corrected chi connectivity index (χ3v) is 3.63. The predicted octanol–water partition coefficient (Wildman–Crippen LogP) is 1.17. The zero-order valence-corrected chi connectivity index (χ0v) is 13.9. The number of hydrogen-bond acceptors (Lipinski definition) is 7. The fourth-order valence-electron chi connectivity index (χ4n) is 2.63. The van der Waals surface area contributed by atoms with E-state index in [9.17, 15) is 14.7 Å². The average Bonchev–Trinajstić information content (AvgIpc) is 2.51. The van der Waals surface area contributed by atoms with Gasteiger partial charge in [0.2, 0.25) is 0 Å². The summed E-state index contributed by atoms with van der Waals surface area (Å²) in [5.74, 6) is -1.18. The highest BCUT2D eigenvalue weighted by Crippen LogP contribution is 2.28. The Morgan fingerprint density at radius 1 is 1.04 bits per heavy atom. The highest BCUT2D eigenvalue weighted by Gasteiger charge is 2.48. The molecular formula is C17H22O7. The van der Waals surface area contributed by atoms with Crippen molar-refractivity contribution in [3.8, 4) is 0 Å². The van der Waals surface area contributed by atoms with Gasteiger partial charge < -0.3 is 24.1 Å². The van der Waals surface area contributed by atoms with Crippen LogP contribution in [0.3, 0.4) is 0 Å². The second kappa shape index (κ2) is 8.23. The Morgan fingerprint density at radius 3 is 2.21 bits per heavy atom. The molecule has 5 atom stereocenters. The topological polar surface area (TPSA) is 91.3 Å². The van der Waals surface area contributed by atoms with Gasteiger partial charge in [0.25, 0.3) is 0 Å². The third kappa shape index (κ3) is 4.77. The first kappa shape index (κ1) is 18.4. The van der Waals surface area contributed by atoms with E-state index in [0.29, 0.717) is 0 Å². The van der Waals surface area contributed by atoms with Gasteiger partial charge in [0.05, 0.1) is 12.7 Å². The lowest BCUT2D eigenvalue weighted by atomic mass is 9.99. The van der Waals surface area contributed by atoms with Crippen LogP contribution in [0.2, 0.25) is 0 Å². The van der Waals surface area contributed by atoms with Crippen molar-refractivity contribution in [2.24, 2.45) is 0 Å². The van der Waals surface area contributed by atoms with E-state index in [-0.39, 0.29) is 6.61 Å². The first-order valence-electron chi connectivity index (χ1n) is 7.72. The Labute approximate surface area is 140 Å². The van der Waals surface area contributed by atoms with Crippen molar-refractivity contribution in [1.82, 2.24) is 0 Å². The summed E-state index contributed by atoms with van der Waals surface area (Å²) < 4.78 is 21.6. The molecular weight excluding hydrogens is 316 g/mol. The molecule has 1 aliphatic heterocycles. The predicted molar refractivity (Wildman–Crippen MR) is 82.7 cm³/mol. The van der Waals surface area contributed by atoms with E-state index in [4.69, 9.17) is 18.9 Å². The smallest absolute Gasteiger partial charge is 0.303 e. The quantitative estimate of drug-likeness (QED) is 0.806. The van der Waals surface area contributed by atoms with Crippen molar-refractivity contribution < 1.29 is 33.6 Å². The molecule has 0 radical (unpaired) electrons. The Morgan fingerprint density at radius 2 is 1.62 bits per heavy atom. The van der Waals surface area contributed by atoms with Crippen LogP contribution in [-0.4, -0.2) is 47.8 Å². The van der Waals surface area contributed by atoms with E-state index in [2.05, 4.69) is 0 Å². The van der Waals surface area contributed by atoms with Crippen LogP contribution in [0.15, 0.2) is 30.3 Å². The number of benzene rings is 1. The molecule has 132 valence electrons. The van der Waals surface area contributed by atoms with E-state index >= 15 is 0 Å². The standard InChI is InChI=1S/C17H22O7/c1-10-14(21-9-13-7-5-4-6-8-13)15(23-11(2)18)16(17(20)22-10)24-12(3)19/h4-8,10,14-17,20H,9H2,1-3H3/t10-,14-,15+,16+,17+/m0/s1. The summed E-state index contributed by atoms with van der Waals surface area (Å²) in [5.41, 5.74) is 0.932. The van der Waals surface area contributed by atoms with E-state index in [1.54, 1.807) is 6.92 Å². The summed E-state index contributed by atoms with van der Waals surface area (Å²) in [6.45, 7) is 4.40. The maximum Gasteiger partial charge on any atom is 0.303 e. The molecule has 0 spiro atoms. The first-order chi connectivity index (χ1) is 11.4. The summed E-state index contributed by atoms with van der Waals surface area (Å²) >= 11 is 0. The van der Waals surface area contributed by atoms with Gasteiger partial charge in [-0.1, -0.05) is 30.3 Å². The fraction of sp³-hybridized carbons (Fsp3) is 0.529. The zero-order chi connectivity index (χ0) is 17.7. The Kier molecular flexibility index (Phi) is 6.30. The van der Waals surface area contributed by atoms with Crippen molar-refractivity contribution in [1.29, 1.82) is 0 Å². The molecule has 0 aromatic heterocycles. The average molecular weight is 338 g/mol. The van der Waals surface area contributed by atoms with Gasteiger partial charge in [-0.2, -0.15) is 0 Å². The molecule has 0 saturated carbocycles. The molecule has 1 aromatic rings. The molecule has 0 unspecified atom stereocenters. The van der Waals surface area contributed by atoms with Crippen molar-refractivity contribution in [2.45, 2.75) is 58.1 Å². The highest BCUT2D eigenvalue weighted by molar-refractivity contribution is 5.67. The number of carbonyl (C=O) groups excluding carboxylic acids is 2. The molecule has 7 heteroatoms. The number of aliphatic hydroxyl groups is 1. The van der Waals surface area contributed by atoms with Crippen LogP contribution in [0.5, 0.6) is 0 Å². The van der Waals surface area contributed by atoms with Crippen LogP contribution in [0.25, 0.3) is 0 Å². The minimum Gasteiger partial charge on any atom is -0.455 e. The summed E-state index contributed by atoms with van der Waals surface area (Å²) in [7, 11) is 0. The second-order valence-electron chi connectivity index (χ2n) is 5.64. The first-order valence-corrected chi connectivity index (χ1v) is 7.72. The number of aliphatic hydroxyl groups excluding tert-OH is 1. The van der Waals surface area contributed by atoms with E-state index in [0.717, 1.165) is 5.56 Å².